The molecule has 0 atom stereocenters. The second kappa shape index (κ2) is 5.34. The van der Waals surface area contributed by atoms with Crippen LogP contribution in [-0.4, -0.2) is 19.9 Å². The standard InChI is InChI=1S/C9H10BrClN2O2/c1-15-5-13(9(12)14)6-2-3-7(10)8(11)4-6/h2-4H,5H2,1H3,(H2,12,14). The third-order valence-corrected chi connectivity index (χ3v) is 2.97. The third-order valence-electron chi connectivity index (χ3n) is 1.74. The lowest BCUT2D eigenvalue weighted by atomic mass is 10.3. The van der Waals surface area contributed by atoms with Gasteiger partial charge in [0.15, 0.2) is 0 Å². The maximum absolute atomic E-state index is 11.1. The van der Waals surface area contributed by atoms with E-state index >= 15 is 0 Å². The first kappa shape index (κ1) is 12.3. The number of anilines is 1. The minimum Gasteiger partial charge on any atom is -0.364 e. The lowest BCUT2D eigenvalue weighted by Gasteiger charge is -2.19. The number of carbonyl (C=O) groups is 1. The molecule has 0 radical (unpaired) electrons. The van der Waals surface area contributed by atoms with E-state index in [1.807, 2.05) is 0 Å². The molecule has 0 saturated heterocycles. The SMILES string of the molecule is COCN(C(N)=O)c1ccc(Br)c(Cl)c1. The number of hydrogen-bond acceptors (Lipinski definition) is 2. The molecule has 6 heteroatoms. The van der Waals surface area contributed by atoms with E-state index in [4.69, 9.17) is 22.1 Å². The van der Waals surface area contributed by atoms with E-state index in [1.165, 1.54) is 12.0 Å². The lowest BCUT2D eigenvalue weighted by molar-refractivity contribution is 0.194. The van der Waals surface area contributed by atoms with Gasteiger partial charge in [-0.25, -0.2) is 4.79 Å². The van der Waals surface area contributed by atoms with Crippen LogP contribution < -0.4 is 10.6 Å². The smallest absolute Gasteiger partial charge is 0.321 e. The summed E-state index contributed by atoms with van der Waals surface area (Å²) in [5.41, 5.74) is 5.79. The van der Waals surface area contributed by atoms with Crippen molar-refractivity contribution in [1.82, 2.24) is 0 Å². The minimum absolute atomic E-state index is 0.0906. The first-order valence-corrected chi connectivity index (χ1v) is 5.24. The molecule has 1 aromatic rings. The highest BCUT2D eigenvalue weighted by Crippen LogP contribution is 2.27. The van der Waals surface area contributed by atoms with E-state index in [0.717, 1.165) is 4.47 Å². The number of hydrogen-bond donors (Lipinski definition) is 1. The molecule has 2 N–H and O–H groups in total. The van der Waals surface area contributed by atoms with Gasteiger partial charge in [0.2, 0.25) is 0 Å². The van der Waals surface area contributed by atoms with Crippen molar-refractivity contribution in [2.45, 2.75) is 0 Å². The van der Waals surface area contributed by atoms with Crippen LogP contribution in [-0.2, 0) is 4.74 Å². The zero-order valence-electron chi connectivity index (χ0n) is 8.04. The van der Waals surface area contributed by atoms with Gasteiger partial charge in [-0.3, -0.25) is 4.90 Å². The summed E-state index contributed by atoms with van der Waals surface area (Å²) in [6.07, 6.45) is 0. The zero-order valence-corrected chi connectivity index (χ0v) is 10.4. The molecule has 0 spiro atoms. The monoisotopic (exact) mass is 292 g/mol. The summed E-state index contributed by atoms with van der Waals surface area (Å²) in [5.74, 6) is 0. The van der Waals surface area contributed by atoms with Crippen molar-refractivity contribution in [2.24, 2.45) is 5.73 Å². The Hall–Kier alpha value is -0.780. The number of nitrogens with zero attached hydrogens (tertiary/aromatic N) is 1. The van der Waals surface area contributed by atoms with E-state index < -0.39 is 6.03 Å². The lowest BCUT2D eigenvalue weighted by Crippen LogP contribution is -2.37. The molecule has 1 aromatic carbocycles. The number of methoxy groups -OCH3 is 1. The second-order valence-electron chi connectivity index (χ2n) is 2.78. The van der Waals surface area contributed by atoms with Crippen LogP contribution in [0.25, 0.3) is 0 Å². The molecule has 82 valence electrons. The topological polar surface area (TPSA) is 55.6 Å². The fourth-order valence-corrected chi connectivity index (χ4v) is 1.47. The molecular formula is C9H10BrClN2O2. The fourth-order valence-electron chi connectivity index (χ4n) is 1.05. The minimum atomic E-state index is -0.588. The van der Waals surface area contributed by atoms with Crippen molar-refractivity contribution in [3.8, 4) is 0 Å². The Bertz CT molecular complexity index is 373. The van der Waals surface area contributed by atoms with Crippen LogP contribution in [0.2, 0.25) is 5.02 Å². The molecule has 0 aliphatic rings. The summed E-state index contributed by atoms with van der Waals surface area (Å²) in [5, 5.41) is 0.509. The Kier molecular flexibility index (Phi) is 4.38. The molecular weight excluding hydrogens is 283 g/mol. The van der Waals surface area contributed by atoms with Gasteiger partial charge in [-0.2, -0.15) is 0 Å². The molecule has 0 heterocycles. The number of nitrogens with two attached hydrogens (primary N) is 1. The molecule has 0 aliphatic carbocycles. The Balaban J connectivity index is 3.01. The predicted molar refractivity (Wildman–Crippen MR) is 63.1 cm³/mol. The number of halogens is 2. The highest BCUT2D eigenvalue weighted by molar-refractivity contribution is 9.10. The van der Waals surface area contributed by atoms with Crippen molar-refractivity contribution in [3.63, 3.8) is 0 Å². The number of amides is 2. The number of primary amides is 1. The summed E-state index contributed by atoms with van der Waals surface area (Å²) in [4.78, 5) is 12.4. The summed E-state index contributed by atoms with van der Waals surface area (Å²) >= 11 is 9.15. The number of urea groups is 1. The van der Waals surface area contributed by atoms with Crippen molar-refractivity contribution in [2.75, 3.05) is 18.7 Å². The fraction of sp³-hybridized carbons (Fsp3) is 0.222. The molecule has 0 aliphatic heterocycles. The van der Waals surface area contributed by atoms with Gasteiger partial charge >= 0.3 is 6.03 Å². The van der Waals surface area contributed by atoms with Crippen molar-refractivity contribution >= 4 is 39.2 Å². The maximum atomic E-state index is 11.1. The number of benzene rings is 1. The molecule has 0 saturated carbocycles. The Morgan fingerprint density at radius 3 is 2.80 bits per heavy atom. The highest BCUT2D eigenvalue weighted by atomic mass is 79.9. The van der Waals surface area contributed by atoms with E-state index in [1.54, 1.807) is 18.2 Å². The van der Waals surface area contributed by atoms with Gasteiger partial charge < -0.3 is 10.5 Å². The van der Waals surface area contributed by atoms with Crippen molar-refractivity contribution in [1.29, 1.82) is 0 Å². The van der Waals surface area contributed by atoms with Crippen LogP contribution in [0.15, 0.2) is 22.7 Å². The number of ether oxygens (including phenoxy) is 1. The third kappa shape index (κ3) is 3.09. The Morgan fingerprint density at radius 1 is 1.67 bits per heavy atom. The molecule has 0 bridgehead atoms. The summed E-state index contributed by atoms with van der Waals surface area (Å²) in [7, 11) is 1.48. The van der Waals surface area contributed by atoms with Crippen LogP contribution in [0, 0.1) is 0 Å². The Labute approximate surface area is 101 Å². The Morgan fingerprint density at radius 2 is 2.33 bits per heavy atom. The van der Waals surface area contributed by atoms with Gasteiger partial charge in [-0.15, -0.1) is 0 Å². The molecule has 15 heavy (non-hydrogen) atoms. The first-order chi connectivity index (χ1) is 7.06. The first-order valence-electron chi connectivity index (χ1n) is 4.07. The van der Waals surface area contributed by atoms with Crippen LogP contribution in [0.3, 0.4) is 0 Å². The largest absolute Gasteiger partial charge is 0.364 e. The van der Waals surface area contributed by atoms with Gasteiger partial charge in [-0.1, -0.05) is 11.6 Å². The summed E-state index contributed by atoms with van der Waals surface area (Å²) < 4.78 is 5.62. The van der Waals surface area contributed by atoms with Crippen LogP contribution in [0.4, 0.5) is 10.5 Å². The van der Waals surface area contributed by atoms with Crippen molar-refractivity contribution in [3.05, 3.63) is 27.7 Å². The average Bonchev–Trinajstić information content (AvgIpc) is 2.18. The molecule has 4 nitrogen and oxygen atoms in total. The predicted octanol–water partition coefficient (Wildman–Crippen LogP) is 2.59. The average molecular weight is 294 g/mol. The van der Waals surface area contributed by atoms with Gasteiger partial charge in [0, 0.05) is 17.3 Å². The van der Waals surface area contributed by atoms with Gasteiger partial charge in [-0.05, 0) is 34.1 Å². The molecule has 2 amide bonds. The molecule has 0 aromatic heterocycles. The number of rotatable bonds is 3. The van der Waals surface area contributed by atoms with Gasteiger partial charge in [0.1, 0.15) is 6.73 Å². The molecule has 0 fully saturated rings. The van der Waals surface area contributed by atoms with Crippen LogP contribution in [0.5, 0.6) is 0 Å². The van der Waals surface area contributed by atoms with Crippen LogP contribution >= 0.6 is 27.5 Å². The van der Waals surface area contributed by atoms with Gasteiger partial charge in [0.25, 0.3) is 0 Å². The summed E-state index contributed by atoms with van der Waals surface area (Å²) in [6, 6.07) is 4.51. The summed E-state index contributed by atoms with van der Waals surface area (Å²) in [6.45, 7) is 0.0906. The maximum Gasteiger partial charge on any atom is 0.321 e. The molecule has 1 rings (SSSR count). The van der Waals surface area contributed by atoms with E-state index in [0.29, 0.717) is 10.7 Å². The van der Waals surface area contributed by atoms with E-state index in [2.05, 4.69) is 15.9 Å². The number of carbonyl (C=O) groups excluding carboxylic acids is 1. The van der Waals surface area contributed by atoms with E-state index in [9.17, 15) is 4.79 Å². The highest BCUT2D eigenvalue weighted by Gasteiger charge is 2.12. The second-order valence-corrected chi connectivity index (χ2v) is 4.04. The van der Waals surface area contributed by atoms with Crippen LogP contribution in [0.1, 0.15) is 0 Å². The van der Waals surface area contributed by atoms with E-state index in [-0.39, 0.29) is 6.73 Å². The zero-order chi connectivity index (χ0) is 11.4. The van der Waals surface area contributed by atoms with Crippen molar-refractivity contribution < 1.29 is 9.53 Å². The normalized spacial score (nSPS) is 10.1. The van der Waals surface area contributed by atoms with Gasteiger partial charge in [0.05, 0.1) is 5.02 Å². The quantitative estimate of drug-likeness (QED) is 0.871. The molecule has 0 unspecified atom stereocenters.